The Morgan fingerprint density at radius 3 is 2.93 bits per heavy atom. The van der Waals surface area contributed by atoms with Crippen molar-refractivity contribution >= 4 is 22.5 Å². The molecule has 1 aromatic carbocycles. The minimum atomic E-state index is 0.739. The van der Waals surface area contributed by atoms with E-state index in [-0.39, 0.29) is 0 Å². The number of H-pyrrole nitrogens is 1. The van der Waals surface area contributed by atoms with Crippen molar-refractivity contribution in [3.05, 3.63) is 34.5 Å². The predicted octanol–water partition coefficient (Wildman–Crippen LogP) is 2.85. The summed E-state index contributed by atoms with van der Waals surface area (Å²) in [5.74, 6) is 0. The molecule has 1 aromatic heterocycles. The van der Waals surface area contributed by atoms with Gasteiger partial charge in [-0.1, -0.05) is 29.8 Å². The van der Waals surface area contributed by atoms with E-state index in [0.717, 1.165) is 22.8 Å². The van der Waals surface area contributed by atoms with Crippen molar-refractivity contribution in [2.24, 2.45) is 0 Å². The molecule has 0 spiro atoms. The predicted molar refractivity (Wildman–Crippen MR) is 60.8 cm³/mol. The van der Waals surface area contributed by atoms with Crippen LogP contribution in [0.25, 0.3) is 10.9 Å². The van der Waals surface area contributed by atoms with Crippen LogP contribution in [0.4, 0.5) is 0 Å². The number of aromatic nitrogens is 1. The Balaban J connectivity index is 2.70. The van der Waals surface area contributed by atoms with Gasteiger partial charge in [0.25, 0.3) is 0 Å². The second-order valence-corrected chi connectivity index (χ2v) is 3.82. The Kier molecular flexibility index (Phi) is 2.48. The summed E-state index contributed by atoms with van der Waals surface area (Å²) in [6.07, 6.45) is 0. The van der Waals surface area contributed by atoms with Crippen LogP contribution in [0.5, 0.6) is 0 Å². The molecule has 2 rings (SSSR count). The van der Waals surface area contributed by atoms with Crippen LogP contribution in [0.2, 0.25) is 5.15 Å². The van der Waals surface area contributed by atoms with Crippen molar-refractivity contribution in [2.75, 3.05) is 7.05 Å². The zero-order valence-corrected chi connectivity index (χ0v) is 9.07. The summed E-state index contributed by atoms with van der Waals surface area (Å²) < 4.78 is 0. The molecule has 0 unspecified atom stereocenters. The molecule has 74 valence electrons. The highest BCUT2D eigenvalue weighted by Crippen LogP contribution is 2.27. The van der Waals surface area contributed by atoms with Gasteiger partial charge in [-0.05, 0) is 19.5 Å². The lowest BCUT2D eigenvalue weighted by atomic mass is 10.1. The third-order valence-electron chi connectivity index (χ3n) is 2.45. The van der Waals surface area contributed by atoms with E-state index in [9.17, 15) is 0 Å². The number of benzene rings is 1. The zero-order valence-electron chi connectivity index (χ0n) is 8.32. The van der Waals surface area contributed by atoms with Crippen LogP contribution in [-0.2, 0) is 6.54 Å². The molecule has 1 heterocycles. The van der Waals surface area contributed by atoms with Gasteiger partial charge in [0.2, 0.25) is 0 Å². The molecule has 0 saturated heterocycles. The molecule has 0 aliphatic heterocycles. The summed E-state index contributed by atoms with van der Waals surface area (Å²) in [4.78, 5) is 3.21. The summed E-state index contributed by atoms with van der Waals surface area (Å²) in [6, 6.07) is 6.23. The lowest BCUT2D eigenvalue weighted by molar-refractivity contribution is 0.823. The average Bonchev–Trinajstić information content (AvgIpc) is 2.47. The van der Waals surface area contributed by atoms with Crippen molar-refractivity contribution in [1.29, 1.82) is 0 Å². The molecule has 0 bridgehead atoms. The summed E-state index contributed by atoms with van der Waals surface area (Å²) in [5, 5.41) is 5.07. The van der Waals surface area contributed by atoms with E-state index in [0.29, 0.717) is 0 Å². The van der Waals surface area contributed by atoms with Gasteiger partial charge in [0.15, 0.2) is 0 Å². The third-order valence-corrected chi connectivity index (χ3v) is 2.77. The Labute approximate surface area is 88.3 Å². The molecule has 14 heavy (non-hydrogen) atoms. The number of nitrogens with one attached hydrogen (secondary N) is 2. The highest BCUT2D eigenvalue weighted by Gasteiger charge is 2.09. The quantitative estimate of drug-likeness (QED) is 0.781. The Morgan fingerprint density at radius 1 is 1.43 bits per heavy atom. The highest BCUT2D eigenvalue weighted by atomic mass is 35.5. The summed E-state index contributed by atoms with van der Waals surface area (Å²) in [6.45, 7) is 2.88. The van der Waals surface area contributed by atoms with Crippen molar-refractivity contribution in [2.45, 2.75) is 13.5 Å². The van der Waals surface area contributed by atoms with Gasteiger partial charge in [0, 0.05) is 23.0 Å². The smallest absolute Gasteiger partial charge is 0.111 e. The summed E-state index contributed by atoms with van der Waals surface area (Å²) >= 11 is 6.12. The normalized spacial score (nSPS) is 11.1. The second kappa shape index (κ2) is 3.64. The number of para-hydroxylation sites is 1. The van der Waals surface area contributed by atoms with E-state index in [1.165, 1.54) is 10.9 Å². The summed E-state index contributed by atoms with van der Waals surface area (Å²) in [5.41, 5.74) is 3.52. The van der Waals surface area contributed by atoms with Gasteiger partial charge < -0.3 is 10.3 Å². The SMILES string of the molecule is CNCc1c(Cl)[nH]c2c(C)cccc12. The Bertz CT molecular complexity index is 460. The van der Waals surface area contributed by atoms with Gasteiger partial charge in [0.05, 0.1) is 0 Å². The molecular weight excluding hydrogens is 196 g/mol. The molecule has 2 N–H and O–H groups in total. The largest absolute Gasteiger partial charge is 0.345 e. The van der Waals surface area contributed by atoms with Gasteiger partial charge in [0.1, 0.15) is 5.15 Å². The first-order chi connectivity index (χ1) is 6.74. The minimum Gasteiger partial charge on any atom is -0.345 e. The van der Waals surface area contributed by atoms with Gasteiger partial charge in [-0.15, -0.1) is 0 Å². The first-order valence-corrected chi connectivity index (χ1v) is 5.02. The number of halogens is 1. The maximum Gasteiger partial charge on any atom is 0.111 e. The van der Waals surface area contributed by atoms with Crippen LogP contribution in [0.1, 0.15) is 11.1 Å². The van der Waals surface area contributed by atoms with Gasteiger partial charge >= 0.3 is 0 Å². The van der Waals surface area contributed by atoms with E-state index < -0.39 is 0 Å². The van der Waals surface area contributed by atoms with Crippen LogP contribution < -0.4 is 5.32 Å². The standard InChI is InChI=1S/C11H13ClN2/c1-7-4-3-5-8-9(6-13-2)11(12)14-10(7)8/h3-5,13-14H,6H2,1-2H3. The zero-order chi connectivity index (χ0) is 10.1. The first kappa shape index (κ1) is 9.56. The van der Waals surface area contributed by atoms with Crippen molar-refractivity contribution < 1.29 is 0 Å². The molecule has 0 amide bonds. The van der Waals surface area contributed by atoms with Crippen LogP contribution in [0, 0.1) is 6.92 Å². The summed E-state index contributed by atoms with van der Waals surface area (Å²) in [7, 11) is 1.92. The van der Waals surface area contributed by atoms with Crippen molar-refractivity contribution in [1.82, 2.24) is 10.3 Å². The first-order valence-electron chi connectivity index (χ1n) is 4.64. The average molecular weight is 209 g/mol. The van der Waals surface area contributed by atoms with E-state index in [2.05, 4.69) is 35.4 Å². The molecule has 0 saturated carbocycles. The third kappa shape index (κ3) is 1.41. The fourth-order valence-corrected chi connectivity index (χ4v) is 2.00. The van der Waals surface area contributed by atoms with E-state index in [1.807, 2.05) is 7.05 Å². The lowest BCUT2D eigenvalue weighted by Crippen LogP contribution is -2.04. The van der Waals surface area contributed by atoms with Gasteiger partial charge in [-0.25, -0.2) is 0 Å². The topological polar surface area (TPSA) is 27.8 Å². The molecule has 0 radical (unpaired) electrons. The molecule has 0 atom stereocenters. The maximum absolute atomic E-state index is 6.12. The fourth-order valence-electron chi connectivity index (χ4n) is 1.74. The lowest BCUT2D eigenvalue weighted by Gasteiger charge is -1.98. The fraction of sp³-hybridized carbons (Fsp3) is 0.273. The molecule has 0 aliphatic carbocycles. The number of fused-ring (bicyclic) bond motifs is 1. The Hall–Kier alpha value is -0.990. The molecule has 0 aliphatic rings. The highest BCUT2D eigenvalue weighted by molar-refractivity contribution is 6.31. The number of hydrogen-bond donors (Lipinski definition) is 2. The van der Waals surface area contributed by atoms with Crippen LogP contribution in [-0.4, -0.2) is 12.0 Å². The number of aryl methyl sites for hydroxylation is 1. The monoisotopic (exact) mass is 208 g/mol. The van der Waals surface area contributed by atoms with E-state index in [4.69, 9.17) is 11.6 Å². The number of hydrogen-bond acceptors (Lipinski definition) is 1. The second-order valence-electron chi connectivity index (χ2n) is 3.45. The van der Waals surface area contributed by atoms with E-state index >= 15 is 0 Å². The number of rotatable bonds is 2. The van der Waals surface area contributed by atoms with Crippen molar-refractivity contribution in [3.63, 3.8) is 0 Å². The minimum absolute atomic E-state index is 0.739. The molecule has 2 aromatic rings. The van der Waals surface area contributed by atoms with Gasteiger partial charge in [-0.2, -0.15) is 0 Å². The van der Waals surface area contributed by atoms with Crippen LogP contribution >= 0.6 is 11.6 Å². The molecule has 2 nitrogen and oxygen atoms in total. The van der Waals surface area contributed by atoms with Crippen molar-refractivity contribution in [3.8, 4) is 0 Å². The Morgan fingerprint density at radius 2 is 2.21 bits per heavy atom. The van der Waals surface area contributed by atoms with Crippen LogP contribution in [0.15, 0.2) is 18.2 Å². The molecule has 3 heteroatoms. The molecule has 0 fully saturated rings. The molecular formula is C11H13ClN2. The van der Waals surface area contributed by atoms with Crippen LogP contribution in [0.3, 0.4) is 0 Å². The maximum atomic E-state index is 6.12. The van der Waals surface area contributed by atoms with E-state index in [1.54, 1.807) is 0 Å². The van der Waals surface area contributed by atoms with Gasteiger partial charge in [-0.3, -0.25) is 0 Å². The number of aromatic amines is 1.